The van der Waals surface area contributed by atoms with Gasteiger partial charge in [-0.25, -0.2) is 0 Å². The lowest BCUT2D eigenvalue weighted by Crippen LogP contribution is -2.09. The van der Waals surface area contributed by atoms with E-state index in [2.05, 4.69) is 15.9 Å². The van der Waals surface area contributed by atoms with Crippen molar-refractivity contribution >= 4 is 21.7 Å². The van der Waals surface area contributed by atoms with Gasteiger partial charge in [-0.1, -0.05) is 33.6 Å². The van der Waals surface area contributed by atoms with E-state index in [1.54, 1.807) is 12.1 Å². The van der Waals surface area contributed by atoms with E-state index < -0.39 is 11.7 Å². The highest BCUT2D eigenvalue weighted by atomic mass is 79.9. The van der Waals surface area contributed by atoms with Gasteiger partial charge in [0.1, 0.15) is 0 Å². The molecule has 110 valence electrons. The zero-order valence-corrected chi connectivity index (χ0v) is 13.0. The van der Waals surface area contributed by atoms with Crippen LogP contribution in [-0.2, 0) is 6.18 Å². The monoisotopic (exact) mass is 356 g/mol. The minimum Gasteiger partial charge on any atom is -0.289 e. The first-order chi connectivity index (χ1) is 9.70. The number of alkyl halides is 3. The van der Waals surface area contributed by atoms with Gasteiger partial charge in [-0.15, -0.1) is 0 Å². The molecule has 0 aliphatic rings. The molecule has 0 atom stereocenters. The van der Waals surface area contributed by atoms with Gasteiger partial charge >= 0.3 is 6.18 Å². The fourth-order valence-corrected chi connectivity index (χ4v) is 2.48. The molecule has 0 saturated heterocycles. The van der Waals surface area contributed by atoms with Crippen molar-refractivity contribution in [2.45, 2.75) is 20.0 Å². The van der Waals surface area contributed by atoms with Crippen LogP contribution in [0.2, 0.25) is 0 Å². The molecule has 0 heterocycles. The molecule has 0 saturated carbocycles. The summed E-state index contributed by atoms with van der Waals surface area (Å²) in [6.07, 6.45) is -4.41. The predicted molar refractivity (Wildman–Crippen MR) is 78.5 cm³/mol. The van der Waals surface area contributed by atoms with Gasteiger partial charge in [0, 0.05) is 15.6 Å². The molecule has 0 aliphatic carbocycles. The minimum atomic E-state index is -4.41. The molecule has 2 aromatic carbocycles. The van der Waals surface area contributed by atoms with E-state index in [0.717, 1.165) is 17.7 Å². The first-order valence-corrected chi connectivity index (χ1v) is 6.98. The number of hydrogen-bond acceptors (Lipinski definition) is 1. The van der Waals surface area contributed by atoms with Crippen LogP contribution in [0.5, 0.6) is 0 Å². The lowest BCUT2D eigenvalue weighted by molar-refractivity contribution is -0.137. The van der Waals surface area contributed by atoms with Crippen LogP contribution in [0.4, 0.5) is 13.2 Å². The third kappa shape index (κ3) is 3.35. The molecule has 0 aliphatic heterocycles. The fourth-order valence-electron chi connectivity index (χ4n) is 2.05. The number of aryl methyl sites for hydroxylation is 2. The van der Waals surface area contributed by atoms with Gasteiger partial charge in [-0.2, -0.15) is 13.2 Å². The molecule has 2 aromatic rings. The van der Waals surface area contributed by atoms with Gasteiger partial charge in [0.25, 0.3) is 0 Å². The Morgan fingerprint density at radius 3 is 2.24 bits per heavy atom. The molecule has 0 bridgehead atoms. The second kappa shape index (κ2) is 5.64. The molecule has 21 heavy (non-hydrogen) atoms. The molecule has 0 radical (unpaired) electrons. The summed E-state index contributed by atoms with van der Waals surface area (Å²) in [5.41, 5.74) is 1.18. The van der Waals surface area contributed by atoms with Crippen molar-refractivity contribution in [3.63, 3.8) is 0 Å². The molecule has 2 rings (SSSR count). The largest absolute Gasteiger partial charge is 0.416 e. The number of carbonyl (C=O) groups excluding carboxylic acids is 1. The maximum atomic E-state index is 12.6. The van der Waals surface area contributed by atoms with Crippen LogP contribution >= 0.6 is 15.9 Å². The standard InChI is InChI=1S/C16H12BrF3O/c1-9-3-6-14(17)13(7-9)15(21)12-5-4-11(8-10(12)2)16(18,19)20/h3-8H,1-2H3. The van der Waals surface area contributed by atoms with Crippen molar-refractivity contribution in [1.29, 1.82) is 0 Å². The van der Waals surface area contributed by atoms with Crippen molar-refractivity contribution < 1.29 is 18.0 Å². The van der Waals surface area contributed by atoms with E-state index in [-0.39, 0.29) is 11.3 Å². The zero-order valence-electron chi connectivity index (χ0n) is 11.4. The fraction of sp³-hybridized carbons (Fsp3) is 0.188. The SMILES string of the molecule is Cc1ccc(Br)c(C(=O)c2ccc(C(F)(F)F)cc2C)c1. The summed E-state index contributed by atoms with van der Waals surface area (Å²) < 4.78 is 38.6. The van der Waals surface area contributed by atoms with Crippen molar-refractivity contribution in [3.05, 3.63) is 68.7 Å². The smallest absolute Gasteiger partial charge is 0.289 e. The van der Waals surface area contributed by atoms with Crippen molar-refractivity contribution in [2.24, 2.45) is 0 Å². The molecule has 0 spiro atoms. The Morgan fingerprint density at radius 1 is 1.00 bits per heavy atom. The van der Waals surface area contributed by atoms with Gasteiger partial charge in [0.05, 0.1) is 5.56 Å². The topological polar surface area (TPSA) is 17.1 Å². The summed E-state index contributed by atoms with van der Waals surface area (Å²) in [6, 6.07) is 8.47. The van der Waals surface area contributed by atoms with Crippen molar-refractivity contribution in [3.8, 4) is 0 Å². The van der Waals surface area contributed by atoms with Crippen molar-refractivity contribution in [2.75, 3.05) is 0 Å². The van der Waals surface area contributed by atoms with Crippen LogP contribution < -0.4 is 0 Å². The van der Waals surface area contributed by atoms with Gasteiger partial charge < -0.3 is 0 Å². The van der Waals surface area contributed by atoms with Crippen LogP contribution in [0.25, 0.3) is 0 Å². The van der Waals surface area contributed by atoms with Gasteiger partial charge in [-0.05, 0) is 43.7 Å². The Labute approximate surface area is 128 Å². The van der Waals surface area contributed by atoms with Gasteiger partial charge in [0.15, 0.2) is 5.78 Å². The Balaban J connectivity index is 2.47. The average Bonchev–Trinajstić information content (AvgIpc) is 2.39. The summed E-state index contributed by atoms with van der Waals surface area (Å²) >= 11 is 3.30. The third-order valence-corrected chi connectivity index (χ3v) is 3.86. The number of carbonyl (C=O) groups is 1. The number of ketones is 1. The summed E-state index contributed by atoms with van der Waals surface area (Å²) in [5.74, 6) is -0.295. The lowest BCUT2D eigenvalue weighted by Gasteiger charge is -2.11. The number of rotatable bonds is 2. The highest BCUT2D eigenvalue weighted by molar-refractivity contribution is 9.10. The van der Waals surface area contributed by atoms with Gasteiger partial charge in [-0.3, -0.25) is 4.79 Å². The zero-order chi connectivity index (χ0) is 15.8. The van der Waals surface area contributed by atoms with Crippen LogP contribution in [0.1, 0.15) is 32.6 Å². The molecule has 0 amide bonds. The van der Waals surface area contributed by atoms with Crippen LogP contribution in [-0.4, -0.2) is 5.78 Å². The molecule has 1 nitrogen and oxygen atoms in total. The maximum absolute atomic E-state index is 12.6. The van der Waals surface area contributed by atoms with E-state index in [9.17, 15) is 18.0 Å². The lowest BCUT2D eigenvalue weighted by atomic mass is 9.96. The summed E-state index contributed by atoms with van der Waals surface area (Å²) in [6.45, 7) is 3.36. The summed E-state index contributed by atoms with van der Waals surface area (Å²) in [5, 5.41) is 0. The van der Waals surface area contributed by atoms with Crippen LogP contribution in [0.15, 0.2) is 40.9 Å². The highest BCUT2D eigenvalue weighted by Crippen LogP contribution is 2.31. The minimum absolute atomic E-state index is 0.273. The number of benzene rings is 2. The first kappa shape index (κ1) is 15.8. The molecule has 5 heteroatoms. The molecule has 0 N–H and O–H groups in total. The normalized spacial score (nSPS) is 11.5. The molecule has 0 unspecified atom stereocenters. The third-order valence-electron chi connectivity index (χ3n) is 3.16. The Morgan fingerprint density at radius 2 is 1.67 bits per heavy atom. The number of hydrogen-bond donors (Lipinski definition) is 0. The molecule has 0 aromatic heterocycles. The highest BCUT2D eigenvalue weighted by Gasteiger charge is 2.31. The van der Waals surface area contributed by atoms with Crippen LogP contribution in [0.3, 0.4) is 0 Å². The van der Waals surface area contributed by atoms with E-state index >= 15 is 0 Å². The first-order valence-electron chi connectivity index (χ1n) is 6.19. The van der Waals surface area contributed by atoms with Gasteiger partial charge in [0.2, 0.25) is 0 Å². The van der Waals surface area contributed by atoms with Crippen LogP contribution in [0, 0.1) is 13.8 Å². The van der Waals surface area contributed by atoms with Crippen molar-refractivity contribution in [1.82, 2.24) is 0 Å². The number of halogens is 4. The Hall–Kier alpha value is -1.62. The van der Waals surface area contributed by atoms with E-state index in [4.69, 9.17) is 0 Å². The van der Waals surface area contributed by atoms with E-state index in [1.807, 2.05) is 13.0 Å². The molecular weight excluding hydrogens is 345 g/mol. The second-order valence-corrected chi connectivity index (χ2v) is 5.69. The molecular formula is C16H12BrF3O. The van der Waals surface area contributed by atoms with E-state index in [0.29, 0.717) is 15.6 Å². The quantitative estimate of drug-likeness (QED) is 0.666. The Bertz CT molecular complexity index is 705. The average molecular weight is 357 g/mol. The summed E-state index contributed by atoms with van der Waals surface area (Å²) in [7, 11) is 0. The molecule has 0 fully saturated rings. The maximum Gasteiger partial charge on any atom is 0.416 e. The summed E-state index contributed by atoms with van der Waals surface area (Å²) in [4.78, 5) is 12.5. The Kier molecular flexibility index (Phi) is 4.23. The van der Waals surface area contributed by atoms with E-state index in [1.165, 1.54) is 13.0 Å². The predicted octanol–water partition coefficient (Wildman–Crippen LogP) is 5.32. The second-order valence-electron chi connectivity index (χ2n) is 4.84.